The molecule has 5 rings (SSSR count). The first kappa shape index (κ1) is 36.2. The number of carboxylic acids is 1. The number of amides is 2. The fourth-order valence-electron chi connectivity index (χ4n) is 6.03. The molecular formula is C39H48N6O5. The van der Waals surface area contributed by atoms with Crippen molar-refractivity contribution in [3.8, 4) is 28.3 Å². The van der Waals surface area contributed by atoms with E-state index >= 15 is 0 Å². The first-order valence-corrected chi connectivity index (χ1v) is 17.6. The zero-order valence-corrected chi connectivity index (χ0v) is 29.5. The number of aliphatic carboxylic acids is 1. The fourth-order valence-corrected chi connectivity index (χ4v) is 6.03. The molecule has 50 heavy (non-hydrogen) atoms. The van der Waals surface area contributed by atoms with Gasteiger partial charge < -0.3 is 20.1 Å². The van der Waals surface area contributed by atoms with Crippen LogP contribution in [-0.2, 0) is 21.5 Å². The van der Waals surface area contributed by atoms with Gasteiger partial charge in [0, 0.05) is 42.7 Å². The average molecular weight is 681 g/mol. The molecule has 2 aromatic heterocycles. The summed E-state index contributed by atoms with van der Waals surface area (Å²) in [5.74, 6) is -0.505. The van der Waals surface area contributed by atoms with Crippen molar-refractivity contribution in [1.29, 1.82) is 0 Å². The van der Waals surface area contributed by atoms with Crippen LogP contribution in [0.5, 0.6) is 5.75 Å². The van der Waals surface area contributed by atoms with Gasteiger partial charge in [-0.25, -0.2) is 14.8 Å². The Morgan fingerprint density at radius 1 is 0.920 bits per heavy atom. The van der Waals surface area contributed by atoms with Crippen molar-refractivity contribution < 1.29 is 24.2 Å². The summed E-state index contributed by atoms with van der Waals surface area (Å²) in [4.78, 5) is 49.5. The molecule has 0 aliphatic carbocycles. The van der Waals surface area contributed by atoms with Crippen LogP contribution in [0.25, 0.3) is 22.5 Å². The van der Waals surface area contributed by atoms with E-state index in [4.69, 9.17) is 4.74 Å². The molecule has 4 aromatic rings. The number of carbonyl (C=O) groups excluding carboxylic acids is 2. The Labute approximate surface area is 294 Å². The number of likely N-dealkylation sites (tertiary alicyclic amines) is 1. The Bertz CT molecular complexity index is 1730. The second-order valence-corrected chi connectivity index (χ2v) is 13.9. The molecule has 1 saturated heterocycles. The van der Waals surface area contributed by atoms with E-state index in [0.717, 1.165) is 41.0 Å². The van der Waals surface area contributed by atoms with E-state index in [0.29, 0.717) is 30.8 Å². The molecule has 0 bridgehead atoms. The Morgan fingerprint density at radius 3 is 2.24 bits per heavy atom. The molecule has 3 heterocycles. The minimum Gasteiger partial charge on any atom is -0.494 e. The van der Waals surface area contributed by atoms with E-state index in [-0.39, 0.29) is 12.0 Å². The molecule has 1 aliphatic heterocycles. The van der Waals surface area contributed by atoms with Gasteiger partial charge in [-0.3, -0.25) is 14.3 Å². The van der Waals surface area contributed by atoms with Crippen LogP contribution in [0.4, 0.5) is 0 Å². The Hall–Kier alpha value is -5.06. The smallest absolute Gasteiger partial charge is 0.326 e. The first-order valence-electron chi connectivity index (χ1n) is 17.6. The minimum atomic E-state index is -1.04. The monoisotopic (exact) mass is 680 g/mol. The molecule has 0 saturated carbocycles. The standard InChI is InChI=1S/C39H48N6O5/c1-5-6-7-8-9-21-50-32-18-16-28(17-19-32)30-23-40-35(41-24-30)29-14-12-27(13-15-29)22-33(37(47)44-20-10-11-34(44)38(48)49)43-36(46)31-25-42-45(26-31)39(2,3)4/h12-19,23-26,33-34H,5-11,20-22H2,1-4H3,(H,43,46)(H,48,49). The molecule has 2 unspecified atom stereocenters. The maximum absolute atomic E-state index is 13.7. The third-order valence-corrected chi connectivity index (χ3v) is 8.96. The molecule has 2 atom stereocenters. The van der Waals surface area contributed by atoms with Crippen molar-refractivity contribution in [2.45, 2.75) is 96.7 Å². The number of carboxylic acid groups (broad SMARTS) is 1. The molecule has 2 N–H and O–H groups in total. The van der Waals surface area contributed by atoms with Crippen molar-refractivity contribution in [1.82, 2.24) is 30.0 Å². The van der Waals surface area contributed by atoms with Gasteiger partial charge >= 0.3 is 5.97 Å². The number of aromatic nitrogens is 4. The molecule has 2 aromatic carbocycles. The molecule has 1 aliphatic rings. The summed E-state index contributed by atoms with van der Waals surface area (Å²) in [6.07, 6.45) is 13.9. The molecule has 11 nitrogen and oxygen atoms in total. The largest absolute Gasteiger partial charge is 0.494 e. The minimum absolute atomic E-state index is 0.180. The highest BCUT2D eigenvalue weighted by Gasteiger charge is 2.38. The van der Waals surface area contributed by atoms with E-state index in [2.05, 4.69) is 27.3 Å². The Balaban J connectivity index is 1.24. The van der Waals surface area contributed by atoms with E-state index in [1.54, 1.807) is 23.3 Å². The van der Waals surface area contributed by atoms with Gasteiger partial charge in [-0.1, -0.05) is 69.0 Å². The number of benzene rings is 2. The summed E-state index contributed by atoms with van der Waals surface area (Å²) in [5, 5.41) is 16.9. The van der Waals surface area contributed by atoms with Gasteiger partial charge in [-0.15, -0.1) is 0 Å². The second kappa shape index (κ2) is 16.6. The second-order valence-electron chi connectivity index (χ2n) is 13.9. The third kappa shape index (κ3) is 9.34. The van der Waals surface area contributed by atoms with Crippen LogP contribution in [0.15, 0.2) is 73.3 Å². The number of nitrogens with zero attached hydrogens (tertiary/aromatic N) is 5. The summed E-state index contributed by atoms with van der Waals surface area (Å²) in [6, 6.07) is 13.6. The van der Waals surface area contributed by atoms with Gasteiger partial charge in [-0.05, 0) is 63.3 Å². The zero-order chi connectivity index (χ0) is 35.7. The normalized spacial score (nSPS) is 15.1. The molecule has 264 valence electrons. The third-order valence-electron chi connectivity index (χ3n) is 8.96. The highest BCUT2D eigenvalue weighted by molar-refractivity contribution is 5.98. The van der Waals surface area contributed by atoms with Gasteiger partial charge in [0.2, 0.25) is 5.91 Å². The lowest BCUT2D eigenvalue weighted by Crippen LogP contribution is -2.52. The SMILES string of the molecule is CCCCCCCOc1ccc(-c2cnc(-c3ccc(CC(NC(=O)c4cnn(C(C)(C)C)c4)C(=O)N4CCCC4C(=O)O)cc3)nc2)cc1. The maximum atomic E-state index is 13.7. The summed E-state index contributed by atoms with van der Waals surface area (Å²) >= 11 is 0. The van der Waals surface area contributed by atoms with Crippen LogP contribution in [0, 0.1) is 0 Å². The highest BCUT2D eigenvalue weighted by atomic mass is 16.5. The number of hydrogen-bond donors (Lipinski definition) is 2. The van der Waals surface area contributed by atoms with Crippen LogP contribution < -0.4 is 10.1 Å². The van der Waals surface area contributed by atoms with Crippen molar-refractivity contribution in [2.24, 2.45) is 0 Å². The van der Waals surface area contributed by atoms with Crippen LogP contribution in [0.1, 0.15) is 88.6 Å². The van der Waals surface area contributed by atoms with E-state index in [1.165, 1.54) is 36.8 Å². The van der Waals surface area contributed by atoms with Crippen LogP contribution in [0.3, 0.4) is 0 Å². The van der Waals surface area contributed by atoms with Gasteiger partial charge in [-0.2, -0.15) is 5.10 Å². The molecule has 2 amide bonds. The molecule has 0 radical (unpaired) electrons. The van der Waals surface area contributed by atoms with Crippen molar-refractivity contribution >= 4 is 17.8 Å². The number of carbonyl (C=O) groups is 3. The molecule has 0 spiro atoms. The number of hydrogen-bond acceptors (Lipinski definition) is 7. The van der Waals surface area contributed by atoms with Gasteiger partial charge in [0.15, 0.2) is 5.82 Å². The van der Waals surface area contributed by atoms with Crippen LogP contribution in [-0.4, -0.2) is 72.8 Å². The van der Waals surface area contributed by atoms with E-state index in [9.17, 15) is 19.5 Å². The summed E-state index contributed by atoms with van der Waals surface area (Å²) < 4.78 is 7.58. The fraction of sp³-hybridized carbons (Fsp3) is 0.436. The quantitative estimate of drug-likeness (QED) is 0.135. The number of nitrogens with one attached hydrogen (secondary N) is 1. The predicted octanol–water partition coefficient (Wildman–Crippen LogP) is 6.53. The predicted molar refractivity (Wildman–Crippen MR) is 192 cm³/mol. The van der Waals surface area contributed by atoms with Gasteiger partial charge in [0.25, 0.3) is 5.91 Å². The van der Waals surface area contributed by atoms with Gasteiger partial charge in [0.05, 0.1) is 23.9 Å². The van der Waals surface area contributed by atoms with Crippen LogP contribution >= 0.6 is 0 Å². The topological polar surface area (TPSA) is 140 Å². The first-order chi connectivity index (χ1) is 24.0. The van der Waals surface area contributed by atoms with E-state index < -0.39 is 29.9 Å². The molecule has 11 heteroatoms. The summed E-state index contributed by atoms with van der Waals surface area (Å²) in [7, 11) is 0. The Morgan fingerprint density at radius 2 is 1.60 bits per heavy atom. The van der Waals surface area contributed by atoms with Crippen molar-refractivity contribution in [3.05, 3.63) is 84.4 Å². The lowest BCUT2D eigenvalue weighted by molar-refractivity contribution is -0.148. The number of unbranched alkanes of at least 4 members (excludes halogenated alkanes) is 4. The lowest BCUT2D eigenvalue weighted by Gasteiger charge is -2.27. The molecule has 1 fully saturated rings. The summed E-state index contributed by atoms with van der Waals surface area (Å²) in [6.45, 7) is 9.18. The molecular weight excluding hydrogens is 632 g/mol. The number of ether oxygens (including phenoxy) is 1. The summed E-state index contributed by atoms with van der Waals surface area (Å²) in [5.41, 5.74) is 3.48. The van der Waals surface area contributed by atoms with Crippen molar-refractivity contribution in [3.63, 3.8) is 0 Å². The number of rotatable bonds is 15. The van der Waals surface area contributed by atoms with Crippen LogP contribution in [0.2, 0.25) is 0 Å². The zero-order valence-electron chi connectivity index (χ0n) is 29.5. The maximum Gasteiger partial charge on any atom is 0.326 e. The Kier molecular flexibility index (Phi) is 12.0. The van der Waals surface area contributed by atoms with Crippen molar-refractivity contribution in [2.75, 3.05) is 13.2 Å². The van der Waals surface area contributed by atoms with E-state index in [1.807, 2.05) is 69.3 Å². The lowest BCUT2D eigenvalue weighted by atomic mass is 10.0. The van der Waals surface area contributed by atoms with Gasteiger partial charge in [0.1, 0.15) is 17.8 Å². The highest BCUT2D eigenvalue weighted by Crippen LogP contribution is 2.25. The average Bonchev–Trinajstić information content (AvgIpc) is 3.82.